The molecule has 0 spiro atoms. The van der Waals surface area contributed by atoms with Gasteiger partial charge in [0, 0.05) is 27.2 Å². The number of rotatable bonds is 5. The fraction of sp³-hybridized carbons (Fsp3) is 0.0435. The standard InChI is InChI=1S/C46H34N4/c1-2-11-31(12-3-1)32-21-23-33(24-22-32)34-13-10-14-35(29-34)41-27-28-47-46(48-41)50-44-20-9-6-17-39(44)40-30-36(25-26-45(40)50)49-42-18-7-4-15-37(42)38-16-5-8-19-43(38)49/h1-30,41,46-48H. The maximum absolute atomic E-state index is 3.92. The first kappa shape index (κ1) is 28.6. The lowest BCUT2D eigenvalue weighted by molar-refractivity contribution is 0.342. The van der Waals surface area contributed by atoms with Gasteiger partial charge in [0.2, 0.25) is 0 Å². The van der Waals surface area contributed by atoms with Gasteiger partial charge in [0.05, 0.1) is 28.1 Å². The molecule has 1 aliphatic rings. The summed E-state index contributed by atoms with van der Waals surface area (Å²) in [6.45, 7) is 0. The van der Waals surface area contributed by atoms with E-state index in [0.29, 0.717) is 0 Å². The quantitative estimate of drug-likeness (QED) is 0.196. The Morgan fingerprint density at radius 2 is 0.980 bits per heavy atom. The second-order valence-electron chi connectivity index (χ2n) is 13.1. The second kappa shape index (κ2) is 11.7. The molecule has 2 unspecified atom stereocenters. The van der Waals surface area contributed by atoms with Crippen LogP contribution in [-0.4, -0.2) is 9.13 Å². The van der Waals surface area contributed by atoms with Crippen LogP contribution < -0.4 is 10.6 Å². The van der Waals surface area contributed by atoms with Gasteiger partial charge in [-0.1, -0.05) is 127 Å². The van der Waals surface area contributed by atoms with Gasteiger partial charge >= 0.3 is 0 Å². The summed E-state index contributed by atoms with van der Waals surface area (Å²) in [4.78, 5) is 0. The summed E-state index contributed by atoms with van der Waals surface area (Å²) in [7, 11) is 0. The van der Waals surface area contributed by atoms with Crippen LogP contribution in [0.4, 0.5) is 0 Å². The van der Waals surface area contributed by atoms with E-state index in [1.807, 2.05) is 0 Å². The van der Waals surface area contributed by atoms with Gasteiger partial charge < -0.3 is 14.5 Å². The zero-order chi connectivity index (χ0) is 33.0. The van der Waals surface area contributed by atoms with Gasteiger partial charge in [-0.15, -0.1) is 0 Å². The molecule has 0 radical (unpaired) electrons. The maximum atomic E-state index is 3.92. The molecule has 0 saturated carbocycles. The zero-order valence-corrected chi connectivity index (χ0v) is 27.4. The average Bonchev–Trinajstić information content (AvgIpc) is 3.71. The van der Waals surface area contributed by atoms with Crippen molar-refractivity contribution < 1.29 is 0 Å². The van der Waals surface area contributed by atoms with Crippen molar-refractivity contribution in [3.63, 3.8) is 0 Å². The molecule has 0 aliphatic carbocycles. The van der Waals surface area contributed by atoms with Crippen molar-refractivity contribution in [2.24, 2.45) is 0 Å². The van der Waals surface area contributed by atoms with Crippen LogP contribution >= 0.6 is 0 Å². The van der Waals surface area contributed by atoms with E-state index in [1.54, 1.807) is 0 Å². The molecule has 238 valence electrons. The van der Waals surface area contributed by atoms with Crippen LogP contribution in [0.3, 0.4) is 0 Å². The van der Waals surface area contributed by atoms with Crippen molar-refractivity contribution in [3.8, 4) is 27.9 Å². The first-order chi connectivity index (χ1) is 24.8. The van der Waals surface area contributed by atoms with Gasteiger partial charge in [-0.3, -0.25) is 5.32 Å². The van der Waals surface area contributed by atoms with Crippen LogP contribution in [0.2, 0.25) is 0 Å². The second-order valence-corrected chi connectivity index (χ2v) is 13.1. The molecule has 3 heterocycles. The lowest BCUT2D eigenvalue weighted by Crippen LogP contribution is -2.40. The fourth-order valence-electron chi connectivity index (χ4n) is 7.88. The SMILES string of the molecule is C1=CC(c2cccc(-c3ccc(-c4ccccc4)cc3)c2)NC(n2c3ccccc3c3cc(-n4c5ccccc5c5ccccc54)ccc32)N1. The Morgan fingerprint density at radius 3 is 1.70 bits per heavy atom. The van der Waals surface area contributed by atoms with E-state index in [1.165, 1.54) is 71.4 Å². The number of nitrogens with one attached hydrogen (secondary N) is 2. The average molecular weight is 643 g/mol. The number of hydrogen-bond donors (Lipinski definition) is 2. The highest BCUT2D eigenvalue weighted by molar-refractivity contribution is 6.11. The molecule has 0 amide bonds. The van der Waals surface area contributed by atoms with Crippen molar-refractivity contribution in [3.05, 3.63) is 188 Å². The van der Waals surface area contributed by atoms with E-state index < -0.39 is 0 Å². The van der Waals surface area contributed by atoms with Crippen LogP contribution in [0.1, 0.15) is 17.9 Å². The Labute approximate surface area is 290 Å². The molecule has 2 aromatic heterocycles. The van der Waals surface area contributed by atoms with Gasteiger partial charge in [-0.2, -0.15) is 0 Å². The number of para-hydroxylation sites is 3. The summed E-state index contributed by atoms with van der Waals surface area (Å²) in [5.74, 6) is 0. The van der Waals surface area contributed by atoms with Crippen molar-refractivity contribution >= 4 is 43.6 Å². The van der Waals surface area contributed by atoms with E-state index in [0.717, 1.165) is 5.69 Å². The zero-order valence-electron chi connectivity index (χ0n) is 27.4. The van der Waals surface area contributed by atoms with E-state index in [4.69, 9.17) is 0 Å². The molecule has 2 atom stereocenters. The van der Waals surface area contributed by atoms with Gasteiger partial charge in [-0.05, 0) is 82.6 Å². The molecule has 7 aromatic carbocycles. The number of benzene rings is 7. The normalized spacial score (nSPS) is 16.0. The number of hydrogen-bond acceptors (Lipinski definition) is 2. The predicted octanol–water partition coefficient (Wildman–Crippen LogP) is 11.1. The Hall–Kier alpha value is -6.36. The molecule has 10 rings (SSSR count). The minimum Gasteiger partial charge on any atom is -0.359 e. The lowest BCUT2D eigenvalue weighted by Gasteiger charge is -2.31. The highest BCUT2D eigenvalue weighted by atomic mass is 15.3. The Balaban J connectivity index is 1.01. The lowest BCUT2D eigenvalue weighted by atomic mass is 9.97. The smallest absolute Gasteiger partial charge is 0.160 e. The van der Waals surface area contributed by atoms with Crippen molar-refractivity contribution in [2.75, 3.05) is 0 Å². The molecule has 1 aliphatic heterocycles. The van der Waals surface area contributed by atoms with Crippen LogP contribution in [0.5, 0.6) is 0 Å². The number of nitrogens with zero attached hydrogens (tertiary/aromatic N) is 2. The molecule has 50 heavy (non-hydrogen) atoms. The molecular weight excluding hydrogens is 609 g/mol. The highest BCUT2D eigenvalue weighted by Gasteiger charge is 2.24. The fourth-order valence-corrected chi connectivity index (χ4v) is 7.88. The third kappa shape index (κ3) is 4.65. The van der Waals surface area contributed by atoms with Crippen LogP contribution in [0, 0.1) is 0 Å². The molecular formula is C46H34N4. The van der Waals surface area contributed by atoms with Crippen molar-refractivity contribution in [2.45, 2.75) is 12.3 Å². The van der Waals surface area contributed by atoms with Crippen molar-refractivity contribution in [1.29, 1.82) is 0 Å². The molecule has 0 fully saturated rings. The minimum absolute atomic E-state index is 0.0397. The molecule has 4 heteroatoms. The Bertz CT molecular complexity index is 2660. The van der Waals surface area contributed by atoms with Gasteiger partial charge in [0.25, 0.3) is 0 Å². The van der Waals surface area contributed by atoms with Gasteiger partial charge in [0.1, 0.15) is 0 Å². The van der Waals surface area contributed by atoms with Crippen molar-refractivity contribution in [1.82, 2.24) is 19.8 Å². The third-order valence-corrected chi connectivity index (χ3v) is 10.2. The van der Waals surface area contributed by atoms with Crippen LogP contribution in [0.15, 0.2) is 182 Å². The Morgan fingerprint density at radius 1 is 0.420 bits per heavy atom. The van der Waals surface area contributed by atoms with Crippen LogP contribution in [-0.2, 0) is 0 Å². The Kier molecular flexibility index (Phi) is 6.68. The summed E-state index contributed by atoms with van der Waals surface area (Å²) >= 11 is 0. The monoisotopic (exact) mass is 642 g/mol. The summed E-state index contributed by atoms with van der Waals surface area (Å²) in [6.07, 6.45) is 4.17. The maximum Gasteiger partial charge on any atom is 0.160 e. The number of aromatic nitrogens is 2. The minimum atomic E-state index is -0.139. The van der Waals surface area contributed by atoms with Gasteiger partial charge in [0.15, 0.2) is 6.29 Å². The van der Waals surface area contributed by atoms with E-state index in [-0.39, 0.29) is 12.3 Å². The van der Waals surface area contributed by atoms with E-state index in [2.05, 4.69) is 202 Å². The molecule has 2 N–H and O–H groups in total. The van der Waals surface area contributed by atoms with Gasteiger partial charge in [-0.25, -0.2) is 0 Å². The number of fused-ring (bicyclic) bond motifs is 6. The van der Waals surface area contributed by atoms with E-state index >= 15 is 0 Å². The predicted molar refractivity (Wildman–Crippen MR) is 208 cm³/mol. The first-order valence-corrected chi connectivity index (χ1v) is 17.3. The molecule has 9 aromatic rings. The topological polar surface area (TPSA) is 33.9 Å². The summed E-state index contributed by atoms with van der Waals surface area (Å²) in [6, 6.07) is 61.4. The third-order valence-electron chi connectivity index (χ3n) is 10.2. The molecule has 0 saturated heterocycles. The molecule has 0 bridgehead atoms. The first-order valence-electron chi connectivity index (χ1n) is 17.3. The van der Waals surface area contributed by atoms with E-state index in [9.17, 15) is 0 Å². The van der Waals surface area contributed by atoms with Crippen LogP contribution in [0.25, 0.3) is 71.6 Å². The summed E-state index contributed by atoms with van der Waals surface area (Å²) in [5.41, 5.74) is 12.1. The highest BCUT2D eigenvalue weighted by Crippen LogP contribution is 2.37. The molecule has 4 nitrogen and oxygen atoms in total. The summed E-state index contributed by atoms with van der Waals surface area (Å²) in [5, 5.41) is 12.6. The summed E-state index contributed by atoms with van der Waals surface area (Å²) < 4.78 is 4.80. The largest absolute Gasteiger partial charge is 0.359 e.